The first-order valence-electron chi connectivity index (χ1n) is 4.53. The summed E-state index contributed by atoms with van der Waals surface area (Å²) in [4.78, 5) is 4.23. The molecule has 1 aromatic heterocycles. The molecule has 0 aliphatic rings. The van der Waals surface area contributed by atoms with Crippen LogP contribution in [-0.4, -0.2) is 9.55 Å². The summed E-state index contributed by atoms with van der Waals surface area (Å²) in [6.45, 7) is 2.99. The molecule has 2 nitrogen and oxygen atoms in total. The van der Waals surface area contributed by atoms with Crippen LogP contribution < -0.4 is 0 Å². The fraction of sp³-hybridized carbons (Fsp3) is 0.300. The Hall–Kier alpha value is -0.900. The summed E-state index contributed by atoms with van der Waals surface area (Å²) in [6, 6.07) is 4.67. The molecule has 0 amide bonds. The van der Waals surface area contributed by atoms with Gasteiger partial charge in [-0.25, -0.2) is 9.37 Å². The molecule has 4 heteroatoms. The van der Waals surface area contributed by atoms with Crippen LogP contribution in [-0.2, 0) is 6.54 Å². The molecule has 1 aromatic carbocycles. The maximum absolute atomic E-state index is 12.9. The Balaban J connectivity index is 2.64. The fourth-order valence-corrected chi connectivity index (χ4v) is 2.07. The predicted octanol–water partition coefficient (Wildman–Crippen LogP) is 3.35. The van der Waals surface area contributed by atoms with Gasteiger partial charge >= 0.3 is 0 Å². The van der Waals surface area contributed by atoms with Gasteiger partial charge in [-0.2, -0.15) is 0 Å². The van der Waals surface area contributed by atoms with Crippen LogP contribution in [0, 0.1) is 5.82 Å². The van der Waals surface area contributed by atoms with Crippen LogP contribution in [0.3, 0.4) is 0 Å². The van der Waals surface area contributed by atoms with Crippen LogP contribution >= 0.6 is 15.9 Å². The quantitative estimate of drug-likeness (QED) is 0.806. The molecule has 0 saturated carbocycles. The third-order valence-corrected chi connectivity index (χ3v) is 2.72. The number of aryl methyl sites for hydroxylation is 1. The molecule has 74 valence electrons. The number of halogens is 2. The molecule has 0 fully saturated rings. The van der Waals surface area contributed by atoms with Crippen molar-refractivity contribution in [3.63, 3.8) is 0 Å². The van der Waals surface area contributed by atoms with Gasteiger partial charge in [0.2, 0.25) is 0 Å². The fourth-order valence-electron chi connectivity index (χ4n) is 1.51. The van der Waals surface area contributed by atoms with E-state index < -0.39 is 0 Å². The largest absolute Gasteiger partial charge is 0.319 e. The number of hydrogen-bond acceptors (Lipinski definition) is 1. The van der Waals surface area contributed by atoms with E-state index in [1.54, 1.807) is 6.07 Å². The van der Waals surface area contributed by atoms with Crippen LogP contribution in [0.4, 0.5) is 4.39 Å². The van der Waals surface area contributed by atoms with E-state index in [1.807, 2.05) is 4.57 Å². The maximum Gasteiger partial charge on any atom is 0.178 e. The van der Waals surface area contributed by atoms with E-state index in [-0.39, 0.29) is 5.82 Å². The number of benzene rings is 1. The minimum atomic E-state index is -0.244. The van der Waals surface area contributed by atoms with Gasteiger partial charge < -0.3 is 4.57 Å². The van der Waals surface area contributed by atoms with Gasteiger partial charge in [-0.05, 0) is 34.5 Å². The standard InChI is InChI=1S/C10H10BrFN2/c1-2-5-14-9-4-3-7(12)6-8(9)13-10(14)11/h3-4,6H,2,5H2,1H3. The van der Waals surface area contributed by atoms with E-state index in [0.29, 0.717) is 5.52 Å². The van der Waals surface area contributed by atoms with Gasteiger partial charge in [0.25, 0.3) is 0 Å². The van der Waals surface area contributed by atoms with E-state index in [9.17, 15) is 4.39 Å². The lowest BCUT2D eigenvalue weighted by Gasteiger charge is -2.02. The van der Waals surface area contributed by atoms with Crippen molar-refractivity contribution in [3.05, 3.63) is 28.7 Å². The van der Waals surface area contributed by atoms with Crippen molar-refractivity contribution in [2.24, 2.45) is 0 Å². The Morgan fingerprint density at radius 1 is 1.50 bits per heavy atom. The highest BCUT2D eigenvalue weighted by atomic mass is 79.9. The van der Waals surface area contributed by atoms with Gasteiger partial charge in [0.15, 0.2) is 4.73 Å². The summed E-state index contributed by atoms with van der Waals surface area (Å²) >= 11 is 3.36. The Kier molecular flexibility index (Phi) is 2.54. The smallest absolute Gasteiger partial charge is 0.178 e. The Labute approximate surface area is 89.9 Å². The van der Waals surface area contributed by atoms with Crippen molar-refractivity contribution in [1.82, 2.24) is 9.55 Å². The van der Waals surface area contributed by atoms with Crippen LogP contribution in [0.15, 0.2) is 22.9 Å². The van der Waals surface area contributed by atoms with E-state index in [2.05, 4.69) is 27.8 Å². The van der Waals surface area contributed by atoms with E-state index in [1.165, 1.54) is 12.1 Å². The molecular weight excluding hydrogens is 247 g/mol. The Bertz CT molecular complexity index is 464. The zero-order valence-corrected chi connectivity index (χ0v) is 9.38. The minimum absolute atomic E-state index is 0.244. The van der Waals surface area contributed by atoms with Crippen LogP contribution in [0.1, 0.15) is 13.3 Å². The first-order valence-corrected chi connectivity index (χ1v) is 5.33. The molecule has 14 heavy (non-hydrogen) atoms. The van der Waals surface area contributed by atoms with E-state index in [0.717, 1.165) is 23.2 Å². The second-order valence-corrected chi connectivity index (χ2v) is 3.87. The topological polar surface area (TPSA) is 17.8 Å². The Morgan fingerprint density at radius 3 is 3.00 bits per heavy atom. The summed E-state index contributed by atoms with van der Waals surface area (Å²) in [7, 11) is 0. The molecular formula is C10H10BrFN2. The SMILES string of the molecule is CCCn1c(Br)nc2cc(F)ccc21. The Morgan fingerprint density at radius 2 is 2.29 bits per heavy atom. The highest BCUT2D eigenvalue weighted by molar-refractivity contribution is 9.10. The second kappa shape index (κ2) is 3.69. The zero-order chi connectivity index (χ0) is 10.1. The summed E-state index contributed by atoms with van der Waals surface area (Å²) in [5, 5.41) is 0. The molecule has 0 unspecified atom stereocenters. The van der Waals surface area contributed by atoms with Gasteiger partial charge in [-0.1, -0.05) is 6.92 Å². The average molecular weight is 257 g/mol. The monoisotopic (exact) mass is 256 g/mol. The predicted molar refractivity (Wildman–Crippen MR) is 57.7 cm³/mol. The van der Waals surface area contributed by atoms with Crippen molar-refractivity contribution in [2.75, 3.05) is 0 Å². The normalized spacial score (nSPS) is 11.1. The molecule has 0 aliphatic heterocycles. The van der Waals surface area contributed by atoms with E-state index >= 15 is 0 Å². The first-order chi connectivity index (χ1) is 6.72. The highest BCUT2D eigenvalue weighted by Gasteiger charge is 2.07. The lowest BCUT2D eigenvalue weighted by atomic mass is 10.3. The molecule has 2 rings (SSSR count). The van der Waals surface area contributed by atoms with Crippen molar-refractivity contribution >= 4 is 27.0 Å². The molecule has 0 bridgehead atoms. The number of hydrogen-bond donors (Lipinski definition) is 0. The van der Waals surface area contributed by atoms with Gasteiger partial charge in [0.1, 0.15) is 5.82 Å². The van der Waals surface area contributed by atoms with Gasteiger partial charge in [-0.3, -0.25) is 0 Å². The molecule has 2 aromatic rings. The second-order valence-electron chi connectivity index (χ2n) is 3.17. The van der Waals surface area contributed by atoms with Crippen molar-refractivity contribution < 1.29 is 4.39 Å². The highest BCUT2D eigenvalue weighted by Crippen LogP contribution is 2.21. The molecule has 0 aliphatic carbocycles. The molecule has 0 saturated heterocycles. The van der Waals surface area contributed by atoms with Crippen LogP contribution in [0.2, 0.25) is 0 Å². The summed E-state index contributed by atoms with van der Waals surface area (Å²) in [5.74, 6) is -0.244. The van der Waals surface area contributed by atoms with Crippen molar-refractivity contribution in [2.45, 2.75) is 19.9 Å². The van der Waals surface area contributed by atoms with Crippen molar-refractivity contribution in [1.29, 1.82) is 0 Å². The summed E-state index contributed by atoms with van der Waals surface area (Å²) in [6.07, 6.45) is 1.03. The van der Waals surface area contributed by atoms with Crippen LogP contribution in [0.25, 0.3) is 11.0 Å². The molecule has 0 N–H and O–H groups in total. The number of nitrogens with zero attached hydrogens (tertiary/aromatic N) is 2. The third kappa shape index (κ3) is 1.54. The molecule has 1 heterocycles. The van der Waals surface area contributed by atoms with Gasteiger partial charge in [0.05, 0.1) is 11.0 Å². The molecule has 0 atom stereocenters. The number of imidazole rings is 1. The maximum atomic E-state index is 12.9. The number of aromatic nitrogens is 2. The zero-order valence-electron chi connectivity index (χ0n) is 7.80. The third-order valence-electron chi connectivity index (χ3n) is 2.11. The molecule has 0 radical (unpaired) electrons. The number of fused-ring (bicyclic) bond motifs is 1. The average Bonchev–Trinajstić information content (AvgIpc) is 2.43. The van der Waals surface area contributed by atoms with Crippen molar-refractivity contribution in [3.8, 4) is 0 Å². The van der Waals surface area contributed by atoms with Gasteiger partial charge in [0, 0.05) is 12.6 Å². The summed E-state index contributed by atoms with van der Waals surface area (Å²) in [5.41, 5.74) is 1.67. The van der Waals surface area contributed by atoms with E-state index in [4.69, 9.17) is 0 Å². The minimum Gasteiger partial charge on any atom is -0.319 e. The lowest BCUT2D eigenvalue weighted by Crippen LogP contribution is -1.96. The van der Waals surface area contributed by atoms with Gasteiger partial charge in [-0.15, -0.1) is 0 Å². The number of rotatable bonds is 2. The first kappa shape index (κ1) is 9.65. The summed E-state index contributed by atoms with van der Waals surface area (Å²) < 4.78 is 15.7. The molecule has 0 spiro atoms. The van der Waals surface area contributed by atoms with Crippen LogP contribution in [0.5, 0.6) is 0 Å². The lowest BCUT2D eigenvalue weighted by molar-refractivity contribution is 0.629.